The summed E-state index contributed by atoms with van der Waals surface area (Å²) in [4.78, 5) is 0. The highest BCUT2D eigenvalue weighted by Gasteiger charge is 2.20. The minimum atomic E-state index is -0.248. The van der Waals surface area contributed by atoms with E-state index in [-0.39, 0.29) is 17.8 Å². The summed E-state index contributed by atoms with van der Waals surface area (Å²) in [7, 11) is 0. The van der Waals surface area contributed by atoms with E-state index < -0.39 is 0 Å². The molecule has 2 N–H and O–H groups in total. The van der Waals surface area contributed by atoms with Crippen molar-refractivity contribution in [2.45, 2.75) is 27.2 Å². The molecule has 0 saturated carbocycles. The van der Waals surface area contributed by atoms with E-state index in [0.29, 0.717) is 12.2 Å². The highest BCUT2D eigenvalue weighted by molar-refractivity contribution is 5.47. The van der Waals surface area contributed by atoms with Crippen molar-refractivity contribution in [3.05, 3.63) is 29.6 Å². The third-order valence-electron chi connectivity index (χ3n) is 3.06. The van der Waals surface area contributed by atoms with Crippen LogP contribution in [0.2, 0.25) is 0 Å². The number of anilines is 1. The van der Waals surface area contributed by atoms with Crippen LogP contribution in [0.3, 0.4) is 0 Å². The molecule has 1 atom stereocenters. The number of aliphatic hydroxyl groups is 1. The predicted molar refractivity (Wildman–Crippen MR) is 65.1 cm³/mol. The van der Waals surface area contributed by atoms with E-state index in [2.05, 4.69) is 5.32 Å². The summed E-state index contributed by atoms with van der Waals surface area (Å²) in [6.45, 7) is 6.60. The van der Waals surface area contributed by atoms with Crippen molar-refractivity contribution >= 4 is 5.69 Å². The van der Waals surface area contributed by atoms with Crippen molar-refractivity contribution in [1.29, 1.82) is 0 Å². The van der Waals surface area contributed by atoms with Gasteiger partial charge in [-0.2, -0.15) is 0 Å². The first-order valence-corrected chi connectivity index (χ1v) is 5.61. The molecule has 1 rings (SSSR count). The van der Waals surface area contributed by atoms with Gasteiger partial charge in [0, 0.05) is 12.0 Å². The maximum absolute atomic E-state index is 13.4. The standard InChI is InChI=1S/C13H20FNO/c1-4-13(3,9-16)8-15-12-7-10(2)5-6-11(12)14/h5-7,15-16H,4,8-9H2,1-3H3. The fourth-order valence-electron chi connectivity index (χ4n) is 1.38. The lowest BCUT2D eigenvalue weighted by atomic mass is 9.88. The summed E-state index contributed by atoms with van der Waals surface area (Å²) in [5, 5.41) is 12.3. The van der Waals surface area contributed by atoms with Crippen molar-refractivity contribution in [3.63, 3.8) is 0 Å². The Kier molecular flexibility index (Phi) is 4.30. The number of rotatable bonds is 5. The number of hydrogen-bond donors (Lipinski definition) is 2. The second kappa shape index (κ2) is 5.30. The molecule has 0 aromatic heterocycles. The highest BCUT2D eigenvalue weighted by Crippen LogP contribution is 2.22. The fraction of sp³-hybridized carbons (Fsp3) is 0.538. The molecule has 0 spiro atoms. The van der Waals surface area contributed by atoms with Crippen LogP contribution in [0.1, 0.15) is 25.8 Å². The van der Waals surface area contributed by atoms with Crippen LogP contribution in [0.4, 0.5) is 10.1 Å². The molecule has 0 aliphatic heterocycles. The average Bonchev–Trinajstić information content (AvgIpc) is 2.30. The molecular formula is C13H20FNO. The van der Waals surface area contributed by atoms with Crippen LogP contribution in [0.15, 0.2) is 18.2 Å². The minimum absolute atomic E-state index is 0.101. The van der Waals surface area contributed by atoms with Gasteiger partial charge in [0.15, 0.2) is 0 Å². The van der Waals surface area contributed by atoms with E-state index in [9.17, 15) is 9.50 Å². The number of halogens is 1. The van der Waals surface area contributed by atoms with Gasteiger partial charge in [-0.15, -0.1) is 0 Å². The second-order valence-electron chi connectivity index (χ2n) is 4.66. The summed E-state index contributed by atoms with van der Waals surface area (Å²) >= 11 is 0. The van der Waals surface area contributed by atoms with Gasteiger partial charge in [0.25, 0.3) is 0 Å². The van der Waals surface area contributed by atoms with Gasteiger partial charge in [0.05, 0.1) is 12.3 Å². The first-order valence-electron chi connectivity index (χ1n) is 5.61. The smallest absolute Gasteiger partial charge is 0.146 e. The Labute approximate surface area is 96.5 Å². The van der Waals surface area contributed by atoms with Gasteiger partial charge in [-0.25, -0.2) is 4.39 Å². The monoisotopic (exact) mass is 225 g/mol. The van der Waals surface area contributed by atoms with E-state index in [1.54, 1.807) is 12.1 Å². The van der Waals surface area contributed by atoms with E-state index in [0.717, 1.165) is 12.0 Å². The van der Waals surface area contributed by atoms with Crippen molar-refractivity contribution in [2.75, 3.05) is 18.5 Å². The molecule has 1 unspecified atom stereocenters. The van der Waals surface area contributed by atoms with Crippen LogP contribution in [0.5, 0.6) is 0 Å². The molecule has 3 heteroatoms. The van der Waals surface area contributed by atoms with Crippen LogP contribution in [0, 0.1) is 18.2 Å². The van der Waals surface area contributed by atoms with E-state index in [1.165, 1.54) is 6.07 Å². The molecule has 0 radical (unpaired) electrons. The lowest BCUT2D eigenvalue weighted by molar-refractivity contribution is 0.149. The van der Waals surface area contributed by atoms with E-state index >= 15 is 0 Å². The zero-order valence-electron chi connectivity index (χ0n) is 10.2. The SMILES string of the molecule is CCC(C)(CO)CNc1cc(C)ccc1F. The topological polar surface area (TPSA) is 32.3 Å². The van der Waals surface area contributed by atoms with Crippen molar-refractivity contribution < 1.29 is 9.50 Å². The predicted octanol–water partition coefficient (Wildman–Crippen LogP) is 2.95. The zero-order chi connectivity index (χ0) is 12.2. The van der Waals surface area contributed by atoms with Crippen LogP contribution >= 0.6 is 0 Å². The third-order valence-corrected chi connectivity index (χ3v) is 3.06. The Morgan fingerprint density at radius 3 is 2.69 bits per heavy atom. The van der Waals surface area contributed by atoms with Gasteiger partial charge in [-0.05, 0) is 31.0 Å². The lowest BCUT2D eigenvalue weighted by Crippen LogP contribution is -2.29. The second-order valence-corrected chi connectivity index (χ2v) is 4.66. The molecular weight excluding hydrogens is 205 g/mol. The maximum atomic E-state index is 13.4. The van der Waals surface area contributed by atoms with Crippen LogP contribution < -0.4 is 5.32 Å². The molecule has 0 bridgehead atoms. The first kappa shape index (κ1) is 13.0. The van der Waals surface area contributed by atoms with Gasteiger partial charge in [-0.1, -0.05) is 19.9 Å². The van der Waals surface area contributed by atoms with Crippen LogP contribution in [0.25, 0.3) is 0 Å². The Balaban J connectivity index is 2.70. The van der Waals surface area contributed by atoms with Crippen LogP contribution in [-0.4, -0.2) is 18.3 Å². The first-order chi connectivity index (χ1) is 7.50. The van der Waals surface area contributed by atoms with Gasteiger partial charge in [0.1, 0.15) is 5.82 Å². The molecule has 90 valence electrons. The van der Waals surface area contributed by atoms with E-state index in [1.807, 2.05) is 20.8 Å². The molecule has 1 aromatic rings. The zero-order valence-corrected chi connectivity index (χ0v) is 10.2. The summed E-state index contributed by atoms with van der Waals surface area (Å²) < 4.78 is 13.4. The number of aryl methyl sites for hydroxylation is 1. The van der Waals surface area contributed by atoms with Gasteiger partial charge >= 0.3 is 0 Å². The molecule has 1 aromatic carbocycles. The molecule has 0 fully saturated rings. The molecule has 2 nitrogen and oxygen atoms in total. The summed E-state index contributed by atoms with van der Waals surface area (Å²) in [5.74, 6) is -0.248. The van der Waals surface area contributed by atoms with Crippen LogP contribution in [-0.2, 0) is 0 Å². The summed E-state index contributed by atoms with van der Waals surface area (Å²) in [6.07, 6.45) is 0.851. The fourth-order valence-corrected chi connectivity index (χ4v) is 1.38. The lowest BCUT2D eigenvalue weighted by Gasteiger charge is -2.26. The Morgan fingerprint density at radius 2 is 2.12 bits per heavy atom. The Hall–Kier alpha value is -1.09. The molecule has 16 heavy (non-hydrogen) atoms. The largest absolute Gasteiger partial charge is 0.396 e. The number of aliphatic hydroxyl groups excluding tert-OH is 1. The molecule has 0 amide bonds. The molecule has 0 heterocycles. The third kappa shape index (κ3) is 3.20. The molecule has 0 aliphatic carbocycles. The van der Waals surface area contributed by atoms with Crippen molar-refractivity contribution in [3.8, 4) is 0 Å². The van der Waals surface area contributed by atoms with Crippen molar-refractivity contribution in [1.82, 2.24) is 0 Å². The average molecular weight is 225 g/mol. The van der Waals surface area contributed by atoms with Gasteiger partial charge in [-0.3, -0.25) is 0 Å². The quantitative estimate of drug-likeness (QED) is 0.807. The Morgan fingerprint density at radius 1 is 1.44 bits per heavy atom. The number of benzene rings is 1. The van der Waals surface area contributed by atoms with E-state index in [4.69, 9.17) is 0 Å². The van der Waals surface area contributed by atoms with Gasteiger partial charge < -0.3 is 10.4 Å². The summed E-state index contributed by atoms with van der Waals surface area (Å²) in [5.41, 5.74) is 1.33. The van der Waals surface area contributed by atoms with Crippen molar-refractivity contribution in [2.24, 2.45) is 5.41 Å². The van der Waals surface area contributed by atoms with Gasteiger partial charge in [0.2, 0.25) is 0 Å². The normalized spacial score (nSPS) is 14.6. The maximum Gasteiger partial charge on any atom is 0.146 e. The summed E-state index contributed by atoms with van der Waals surface area (Å²) in [6, 6.07) is 4.98. The number of nitrogens with one attached hydrogen (secondary N) is 1. The number of hydrogen-bond acceptors (Lipinski definition) is 2. The Bertz CT molecular complexity index is 348. The highest BCUT2D eigenvalue weighted by atomic mass is 19.1. The minimum Gasteiger partial charge on any atom is -0.396 e. The molecule has 0 saturated heterocycles. The molecule has 0 aliphatic rings.